The highest BCUT2D eigenvalue weighted by Gasteiger charge is 2.43. The van der Waals surface area contributed by atoms with E-state index in [0.29, 0.717) is 11.5 Å². The molecule has 2 heterocycles. The van der Waals surface area contributed by atoms with E-state index in [1.54, 1.807) is 0 Å². The zero-order chi connectivity index (χ0) is 10.2. The van der Waals surface area contributed by atoms with Gasteiger partial charge in [0.05, 0.1) is 0 Å². The fourth-order valence-corrected chi connectivity index (χ4v) is 3.38. The summed E-state index contributed by atoms with van der Waals surface area (Å²) in [6.45, 7) is 10.8. The van der Waals surface area contributed by atoms with Crippen molar-refractivity contribution in [2.75, 3.05) is 19.6 Å². The predicted octanol–water partition coefficient (Wildman–Crippen LogP) is 1.86. The summed E-state index contributed by atoms with van der Waals surface area (Å²) in [4.78, 5) is 2.67. The summed E-state index contributed by atoms with van der Waals surface area (Å²) < 4.78 is 0. The SMILES string of the molecule is CC(C)N1CC2(CCCNC2)CC1C. The first kappa shape index (κ1) is 10.4. The van der Waals surface area contributed by atoms with Crippen LogP contribution in [0.1, 0.15) is 40.0 Å². The molecule has 2 fully saturated rings. The van der Waals surface area contributed by atoms with Crippen LogP contribution in [0.25, 0.3) is 0 Å². The Bertz CT molecular complexity index is 194. The van der Waals surface area contributed by atoms with Gasteiger partial charge in [0.25, 0.3) is 0 Å². The highest BCUT2D eigenvalue weighted by molar-refractivity contribution is 4.98. The fraction of sp³-hybridized carbons (Fsp3) is 1.00. The van der Waals surface area contributed by atoms with Gasteiger partial charge < -0.3 is 5.32 Å². The van der Waals surface area contributed by atoms with Crippen LogP contribution in [0.15, 0.2) is 0 Å². The molecule has 14 heavy (non-hydrogen) atoms. The molecule has 2 rings (SSSR count). The molecule has 1 spiro atoms. The third-order valence-electron chi connectivity index (χ3n) is 4.04. The maximum Gasteiger partial charge on any atom is 0.00761 e. The van der Waals surface area contributed by atoms with Gasteiger partial charge in [0, 0.05) is 25.2 Å². The Morgan fingerprint density at radius 3 is 2.71 bits per heavy atom. The molecule has 2 heteroatoms. The lowest BCUT2D eigenvalue weighted by Gasteiger charge is -2.34. The van der Waals surface area contributed by atoms with Gasteiger partial charge in [-0.1, -0.05) is 0 Å². The van der Waals surface area contributed by atoms with Gasteiger partial charge in [-0.15, -0.1) is 0 Å². The van der Waals surface area contributed by atoms with E-state index in [-0.39, 0.29) is 0 Å². The van der Waals surface area contributed by atoms with Crippen molar-refractivity contribution < 1.29 is 0 Å². The Labute approximate surface area is 88.1 Å². The Kier molecular flexibility index (Phi) is 2.85. The van der Waals surface area contributed by atoms with Crippen LogP contribution in [-0.2, 0) is 0 Å². The average molecular weight is 196 g/mol. The van der Waals surface area contributed by atoms with Crippen LogP contribution in [0.4, 0.5) is 0 Å². The Balaban J connectivity index is 2.03. The van der Waals surface area contributed by atoms with Gasteiger partial charge >= 0.3 is 0 Å². The van der Waals surface area contributed by atoms with Crippen molar-refractivity contribution >= 4 is 0 Å². The van der Waals surface area contributed by atoms with Gasteiger partial charge in [-0.3, -0.25) is 4.90 Å². The molecule has 2 saturated heterocycles. The molecule has 2 atom stereocenters. The summed E-state index contributed by atoms with van der Waals surface area (Å²) in [7, 11) is 0. The molecule has 82 valence electrons. The van der Waals surface area contributed by atoms with Gasteiger partial charge in [0.1, 0.15) is 0 Å². The van der Waals surface area contributed by atoms with Crippen LogP contribution < -0.4 is 5.32 Å². The number of likely N-dealkylation sites (tertiary alicyclic amines) is 1. The lowest BCUT2D eigenvalue weighted by molar-refractivity contribution is 0.174. The number of hydrogen-bond donors (Lipinski definition) is 1. The van der Waals surface area contributed by atoms with Crippen LogP contribution in [-0.4, -0.2) is 36.6 Å². The van der Waals surface area contributed by atoms with E-state index in [1.165, 1.54) is 38.9 Å². The average Bonchev–Trinajstić information content (AvgIpc) is 2.44. The summed E-state index contributed by atoms with van der Waals surface area (Å²) in [6.07, 6.45) is 4.21. The molecule has 0 radical (unpaired) electrons. The van der Waals surface area contributed by atoms with Gasteiger partial charge in [-0.2, -0.15) is 0 Å². The van der Waals surface area contributed by atoms with E-state index in [2.05, 4.69) is 31.0 Å². The van der Waals surface area contributed by atoms with Gasteiger partial charge in [-0.25, -0.2) is 0 Å². The second-order valence-electron chi connectivity index (χ2n) is 5.60. The fourth-order valence-electron chi connectivity index (χ4n) is 3.38. The van der Waals surface area contributed by atoms with Crippen LogP contribution in [0.2, 0.25) is 0 Å². The molecular weight excluding hydrogens is 172 g/mol. The maximum atomic E-state index is 3.57. The van der Waals surface area contributed by atoms with Crippen LogP contribution in [0.3, 0.4) is 0 Å². The second-order valence-corrected chi connectivity index (χ2v) is 5.60. The minimum absolute atomic E-state index is 0.613. The monoisotopic (exact) mass is 196 g/mol. The normalized spacial score (nSPS) is 39.9. The highest BCUT2D eigenvalue weighted by Crippen LogP contribution is 2.40. The van der Waals surface area contributed by atoms with E-state index in [0.717, 1.165) is 6.04 Å². The number of piperidine rings is 1. The van der Waals surface area contributed by atoms with E-state index in [9.17, 15) is 0 Å². The molecule has 0 aliphatic carbocycles. The first-order chi connectivity index (χ1) is 6.63. The molecule has 2 nitrogen and oxygen atoms in total. The van der Waals surface area contributed by atoms with Crippen molar-refractivity contribution in [3.05, 3.63) is 0 Å². The second kappa shape index (κ2) is 3.82. The Morgan fingerprint density at radius 1 is 1.43 bits per heavy atom. The molecule has 0 bridgehead atoms. The quantitative estimate of drug-likeness (QED) is 0.688. The zero-order valence-corrected chi connectivity index (χ0v) is 9.84. The van der Waals surface area contributed by atoms with E-state index in [4.69, 9.17) is 0 Å². The first-order valence-corrected chi connectivity index (χ1v) is 6.09. The highest BCUT2D eigenvalue weighted by atomic mass is 15.2. The third kappa shape index (κ3) is 1.82. The molecule has 2 aliphatic rings. The van der Waals surface area contributed by atoms with Crippen molar-refractivity contribution in [1.82, 2.24) is 10.2 Å². The Hall–Kier alpha value is -0.0800. The molecule has 0 aromatic rings. The van der Waals surface area contributed by atoms with E-state index >= 15 is 0 Å². The topological polar surface area (TPSA) is 15.3 Å². The molecule has 2 aliphatic heterocycles. The number of nitrogens with zero attached hydrogens (tertiary/aromatic N) is 1. The smallest absolute Gasteiger partial charge is 0.00761 e. The summed E-state index contributed by atoms with van der Waals surface area (Å²) >= 11 is 0. The summed E-state index contributed by atoms with van der Waals surface area (Å²) in [5.74, 6) is 0. The summed E-state index contributed by atoms with van der Waals surface area (Å²) in [5, 5.41) is 3.57. The third-order valence-corrected chi connectivity index (χ3v) is 4.04. The molecule has 0 aromatic carbocycles. The van der Waals surface area contributed by atoms with Crippen LogP contribution in [0, 0.1) is 5.41 Å². The van der Waals surface area contributed by atoms with Crippen LogP contribution >= 0.6 is 0 Å². The van der Waals surface area contributed by atoms with Crippen molar-refractivity contribution in [1.29, 1.82) is 0 Å². The van der Waals surface area contributed by atoms with Crippen LogP contribution in [0.5, 0.6) is 0 Å². The summed E-state index contributed by atoms with van der Waals surface area (Å²) in [5.41, 5.74) is 0.613. The maximum absolute atomic E-state index is 3.57. The van der Waals surface area contributed by atoms with Crippen molar-refractivity contribution in [2.24, 2.45) is 5.41 Å². The van der Waals surface area contributed by atoms with Crippen molar-refractivity contribution in [3.8, 4) is 0 Å². The predicted molar refractivity (Wildman–Crippen MR) is 60.5 cm³/mol. The van der Waals surface area contributed by atoms with Crippen molar-refractivity contribution in [2.45, 2.75) is 52.1 Å². The Morgan fingerprint density at radius 2 is 2.21 bits per heavy atom. The molecule has 0 aromatic heterocycles. The molecular formula is C12H24N2. The lowest BCUT2D eigenvalue weighted by atomic mass is 9.79. The molecule has 2 unspecified atom stereocenters. The van der Waals surface area contributed by atoms with Gasteiger partial charge in [0.2, 0.25) is 0 Å². The molecule has 0 saturated carbocycles. The van der Waals surface area contributed by atoms with E-state index in [1.807, 2.05) is 0 Å². The molecule has 0 amide bonds. The number of hydrogen-bond acceptors (Lipinski definition) is 2. The first-order valence-electron chi connectivity index (χ1n) is 6.09. The van der Waals surface area contributed by atoms with E-state index < -0.39 is 0 Å². The number of nitrogens with one attached hydrogen (secondary N) is 1. The van der Waals surface area contributed by atoms with Gasteiger partial charge in [-0.05, 0) is 52.0 Å². The minimum Gasteiger partial charge on any atom is -0.316 e. The summed E-state index contributed by atoms with van der Waals surface area (Å²) in [6, 6.07) is 1.50. The number of rotatable bonds is 1. The minimum atomic E-state index is 0.613. The zero-order valence-electron chi connectivity index (χ0n) is 9.84. The van der Waals surface area contributed by atoms with Crippen molar-refractivity contribution in [3.63, 3.8) is 0 Å². The van der Waals surface area contributed by atoms with Gasteiger partial charge in [0.15, 0.2) is 0 Å². The standard InChI is InChI=1S/C12H24N2/c1-10(2)14-9-12(7-11(14)3)5-4-6-13-8-12/h10-11,13H,4-9H2,1-3H3. The largest absolute Gasteiger partial charge is 0.316 e. The lowest BCUT2D eigenvalue weighted by Crippen LogP contribution is -2.42. The molecule has 1 N–H and O–H groups in total.